The number of benzene rings is 3. The van der Waals surface area contributed by atoms with Gasteiger partial charge in [-0.1, -0.05) is 59.6 Å². The second-order valence-electron chi connectivity index (χ2n) is 6.14. The normalized spacial score (nSPS) is 11.2. The van der Waals surface area contributed by atoms with Crippen LogP contribution in [-0.2, 0) is 0 Å². The number of ether oxygens (including phenoxy) is 1. The van der Waals surface area contributed by atoms with Crippen LogP contribution < -0.4 is 4.74 Å². The van der Waals surface area contributed by atoms with E-state index in [0.29, 0.717) is 21.6 Å². The lowest BCUT2D eigenvalue weighted by atomic mass is 10.1. The van der Waals surface area contributed by atoms with Crippen LogP contribution in [0.3, 0.4) is 0 Å². The molecule has 0 aliphatic carbocycles. The Morgan fingerprint density at radius 3 is 2.25 bits per heavy atom. The molecule has 3 aromatic carbocycles. The van der Waals surface area contributed by atoms with Crippen LogP contribution in [0.25, 0.3) is 23.1 Å². The van der Waals surface area contributed by atoms with E-state index >= 15 is 0 Å². The molecule has 0 spiro atoms. The van der Waals surface area contributed by atoms with Gasteiger partial charge >= 0.3 is 0 Å². The largest absolute Gasteiger partial charge is 0.504 e. The Balaban J connectivity index is 1.55. The maximum Gasteiger partial charge on any atom is 0.160 e. The molecule has 138 valence electrons. The van der Waals surface area contributed by atoms with E-state index in [4.69, 9.17) is 27.9 Å². The molecule has 4 rings (SSSR count). The summed E-state index contributed by atoms with van der Waals surface area (Å²) in [5, 5.41) is 11.4. The molecule has 4 aromatic rings. The highest BCUT2D eigenvalue weighted by atomic mass is 35.5. The van der Waals surface area contributed by atoms with Crippen molar-refractivity contribution in [3.8, 4) is 17.2 Å². The summed E-state index contributed by atoms with van der Waals surface area (Å²) < 4.78 is 5.79. The van der Waals surface area contributed by atoms with E-state index in [2.05, 4.69) is 4.98 Å². The minimum atomic E-state index is -0.0706. The summed E-state index contributed by atoms with van der Waals surface area (Å²) in [6.45, 7) is 0. The van der Waals surface area contributed by atoms with Gasteiger partial charge in [-0.2, -0.15) is 0 Å². The third-order valence-electron chi connectivity index (χ3n) is 4.18. The molecule has 28 heavy (non-hydrogen) atoms. The van der Waals surface area contributed by atoms with Gasteiger partial charge < -0.3 is 9.84 Å². The van der Waals surface area contributed by atoms with Gasteiger partial charge in [-0.05, 0) is 54.1 Å². The molecule has 1 heterocycles. The zero-order valence-corrected chi connectivity index (χ0v) is 16.2. The van der Waals surface area contributed by atoms with E-state index < -0.39 is 0 Å². The summed E-state index contributed by atoms with van der Waals surface area (Å²) in [7, 11) is 0. The van der Waals surface area contributed by atoms with Crippen LogP contribution >= 0.6 is 23.2 Å². The number of nitrogens with zero attached hydrogens (tertiary/aromatic N) is 1. The summed E-state index contributed by atoms with van der Waals surface area (Å²) in [5.41, 5.74) is 2.06. The van der Waals surface area contributed by atoms with Crippen LogP contribution in [-0.4, -0.2) is 10.1 Å². The Morgan fingerprint density at radius 2 is 1.50 bits per heavy atom. The SMILES string of the molecule is Oc1c(Cl)cc(Cl)c2ccc(C=Cc3ccc(Oc4ccccc4)cc3)nc12. The number of halogens is 2. The first-order chi connectivity index (χ1) is 13.6. The van der Waals surface area contributed by atoms with E-state index in [0.717, 1.165) is 17.1 Å². The van der Waals surface area contributed by atoms with E-state index in [1.165, 1.54) is 6.07 Å². The number of para-hydroxylation sites is 1. The second kappa shape index (κ2) is 7.93. The number of hydrogen-bond acceptors (Lipinski definition) is 3. The smallest absolute Gasteiger partial charge is 0.160 e. The van der Waals surface area contributed by atoms with Gasteiger partial charge in [0.25, 0.3) is 0 Å². The number of fused-ring (bicyclic) bond motifs is 1. The number of hydrogen-bond donors (Lipinski definition) is 1. The summed E-state index contributed by atoms with van der Waals surface area (Å²) in [6, 6.07) is 22.5. The van der Waals surface area contributed by atoms with Crippen molar-refractivity contribution >= 4 is 46.3 Å². The predicted octanol–water partition coefficient (Wildman–Crippen LogP) is 7.21. The monoisotopic (exact) mass is 407 g/mol. The van der Waals surface area contributed by atoms with Gasteiger partial charge in [-0.3, -0.25) is 0 Å². The van der Waals surface area contributed by atoms with Gasteiger partial charge in [0.2, 0.25) is 0 Å². The lowest BCUT2D eigenvalue weighted by molar-refractivity contribution is 0.480. The first kappa shape index (κ1) is 18.4. The van der Waals surface area contributed by atoms with Gasteiger partial charge in [0, 0.05) is 5.39 Å². The minimum Gasteiger partial charge on any atom is -0.504 e. The van der Waals surface area contributed by atoms with Crippen molar-refractivity contribution in [1.29, 1.82) is 0 Å². The number of aromatic hydroxyl groups is 1. The predicted molar refractivity (Wildman–Crippen MR) is 115 cm³/mol. The van der Waals surface area contributed by atoms with Crippen LogP contribution in [0.4, 0.5) is 0 Å². The fourth-order valence-electron chi connectivity index (χ4n) is 2.76. The van der Waals surface area contributed by atoms with Gasteiger partial charge in [0.05, 0.1) is 15.7 Å². The van der Waals surface area contributed by atoms with Gasteiger partial charge in [0.1, 0.15) is 17.0 Å². The standard InChI is InChI=1S/C23H15Cl2NO2/c24-20-14-21(25)23(27)22-19(20)13-10-16(26-22)9-6-15-7-11-18(12-8-15)28-17-4-2-1-3-5-17/h1-14,27H. The Hall–Kier alpha value is -3.01. The van der Waals surface area contributed by atoms with Crippen LogP contribution in [0, 0.1) is 0 Å². The lowest BCUT2D eigenvalue weighted by Gasteiger charge is -2.06. The first-order valence-corrected chi connectivity index (χ1v) is 9.34. The van der Waals surface area contributed by atoms with Crippen molar-refractivity contribution in [3.63, 3.8) is 0 Å². The van der Waals surface area contributed by atoms with Crippen LogP contribution in [0.15, 0.2) is 72.8 Å². The fraction of sp³-hybridized carbons (Fsp3) is 0. The van der Waals surface area contributed by atoms with E-state index in [1.807, 2.05) is 78.9 Å². The first-order valence-electron chi connectivity index (χ1n) is 8.59. The number of rotatable bonds is 4. The third-order valence-corrected chi connectivity index (χ3v) is 4.78. The molecular weight excluding hydrogens is 393 g/mol. The second-order valence-corrected chi connectivity index (χ2v) is 6.95. The average molecular weight is 408 g/mol. The third kappa shape index (κ3) is 3.96. The lowest BCUT2D eigenvalue weighted by Crippen LogP contribution is -1.86. The highest BCUT2D eigenvalue weighted by Gasteiger charge is 2.10. The molecule has 0 saturated carbocycles. The van der Waals surface area contributed by atoms with Crippen LogP contribution in [0.1, 0.15) is 11.3 Å². The Bertz CT molecular complexity index is 1160. The highest BCUT2D eigenvalue weighted by molar-refractivity contribution is 6.39. The molecule has 0 atom stereocenters. The van der Waals surface area contributed by atoms with Gasteiger partial charge in [-0.25, -0.2) is 4.98 Å². The Kier molecular flexibility index (Phi) is 5.20. The van der Waals surface area contributed by atoms with Crippen LogP contribution in [0.2, 0.25) is 10.0 Å². The summed E-state index contributed by atoms with van der Waals surface area (Å²) in [4.78, 5) is 4.45. The molecule has 0 aliphatic heterocycles. The molecule has 1 N–H and O–H groups in total. The Labute approximate surface area is 172 Å². The molecule has 0 aliphatic rings. The zero-order valence-electron chi connectivity index (χ0n) is 14.6. The van der Waals surface area contributed by atoms with E-state index in [9.17, 15) is 5.11 Å². The molecule has 0 fully saturated rings. The van der Waals surface area contributed by atoms with E-state index in [-0.39, 0.29) is 10.8 Å². The number of pyridine rings is 1. The van der Waals surface area contributed by atoms with Gasteiger partial charge in [-0.15, -0.1) is 0 Å². The topological polar surface area (TPSA) is 42.4 Å². The summed E-state index contributed by atoms with van der Waals surface area (Å²) >= 11 is 12.2. The minimum absolute atomic E-state index is 0.0706. The molecule has 0 saturated heterocycles. The summed E-state index contributed by atoms with van der Waals surface area (Å²) in [6.07, 6.45) is 3.80. The van der Waals surface area contributed by atoms with Crippen LogP contribution in [0.5, 0.6) is 17.2 Å². The van der Waals surface area contributed by atoms with Crippen molar-refractivity contribution in [3.05, 3.63) is 94.1 Å². The maximum atomic E-state index is 10.2. The zero-order chi connectivity index (χ0) is 19.5. The molecular formula is C23H15Cl2NO2. The van der Waals surface area contributed by atoms with E-state index in [1.54, 1.807) is 0 Å². The van der Waals surface area contributed by atoms with Crippen molar-refractivity contribution in [2.75, 3.05) is 0 Å². The molecule has 1 aromatic heterocycles. The molecule has 5 heteroatoms. The molecule has 0 amide bonds. The van der Waals surface area contributed by atoms with Crippen molar-refractivity contribution in [2.45, 2.75) is 0 Å². The molecule has 0 radical (unpaired) electrons. The molecule has 0 unspecified atom stereocenters. The average Bonchev–Trinajstić information content (AvgIpc) is 2.72. The number of aromatic nitrogens is 1. The number of phenolic OH excluding ortho intramolecular Hbond substituents is 1. The van der Waals surface area contributed by atoms with Crippen molar-refractivity contribution in [1.82, 2.24) is 4.98 Å². The highest BCUT2D eigenvalue weighted by Crippen LogP contribution is 2.36. The fourth-order valence-corrected chi connectivity index (χ4v) is 3.28. The van der Waals surface area contributed by atoms with Gasteiger partial charge in [0.15, 0.2) is 5.75 Å². The molecule has 3 nitrogen and oxygen atoms in total. The molecule has 0 bridgehead atoms. The number of phenols is 1. The quantitative estimate of drug-likeness (QED) is 0.388. The maximum absolute atomic E-state index is 10.2. The summed E-state index contributed by atoms with van der Waals surface area (Å²) in [5.74, 6) is 1.49. The van der Waals surface area contributed by atoms with Crippen molar-refractivity contribution in [2.24, 2.45) is 0 Å². The Morgan fingerprint density at radius 1 is 0.786 bits per heavy atom. The van der Waals surface area contributed by atoms with Crippen molar-refractivity contribution < 1.29 is 9.84 Å².